The predicted octanol–water partition coefficient (Wildman–Crippen LogP) is 1.68. The van der Waals surface area contributed by atoms with Gasteiger partial charge >= 0.3 is 0 Å². The second kappa shape index (κ2) is 6.40. The molecule has 1 fully saturated rings. The van der Waals surface area contributed by atoms with Crippen LogP contribution in [0.15, 0.2) is 23.8 Å². The Labute approximate surface area is 130 Å². The molecule has 0 radical (unpaired) electrons. The van der Waals surface area contributed by atoms with Crippen LogP contribution < -0.4 is 14.8 Å². The molecule has 2 aliphatic rings. The van der Waals surface area contributed by atoms with Gasteiger partial charge in [0.1, 0.15) is 6.61 Å². The van der Waals surface area contributed by atoms with Gasteiger partial charge < -0.3 is 19.7 Å². The molecular formula is C17H22N2O3. The zero-order chi connectivity index (χ0) is 15.5. The molecule has 22 heavy (non-hydrogen) atoms. The van der Waals surface area contributed by atoms with Crippen LogP contribution in [-0.4, -0.2) is 50.7 Å². The van der Waals surface area contributed by atoms with E-state index < -0.39 is 0 Å². The maximum absolute atomic E-state index is 12.4. The van der Waals surface area contributed by atoms with Crippen molar-refractivity contribution in [1.29, 1.82) is 0 Å². The van der Waals surface area contributed by atoms with Crippen LogP contribution in [0.5, 0.6) is 11.5 Å². The highest BCUT2D eigenvalue weighted by atomic mass is 16.5. The van der Waals surface area contributed by atoms with E-state index in [1.165, 1.54) is 0 Å². The number of likely N-dealkylation sites (N-methyl/N-ethyl adjacent to an activating group) is 1. The minimum absolute atomic E-state index is 0.0335. The summed E-state index contributed by atoms with van der Waals surface area (Å²) < 4.78 is 11.0. The van der Waals surface area contributed by atoms with Gasteiger partial charge in [0.15, 0.2) is 11.5 Å². The summed E-state index contributed by atoms with van der Waals surface area (Å²) in [5.74, 6) is 1.37. The summed E-state index contributed by atoms with van der Waals surface area (Å²) >= 11 is 0. The highest BCUT2D eigenvalue weighted by Gasteiger charge is 2.23. The van der Waals surface area contributed by atoms with E-state index in [1.54, 1.807) is 7.11 Å². The van der Waals surface area contributed by atoms with Gasteiger partial charge in [0.25, 0.3) is 5.91 Å². The van der Waals surface area contributed by atoms with Crippen molar-refractivity contribution in [1.82, 2.24) is 10.2 Å². The van der Waals surface area contributed by atoms with E-state index in [2.05, 4.69) is 17.3 Å². The van der Waals surface area contributed by atoms with Gasteiger partial charge in [0, 0.05) is 18.2 Å². The van der Waals surface area contributed by atoms with Crippen molar-refractivity contribution in [3.05, 3.63) is 29.3 Å². The number of fused-ring (bicyclic) bond motifs is 1. The van der Waals surface area contributed by atoms with E-state index in [4.69, 9.17) is 9.47 Å². The molecule has 0 unspecified atom stereocenters. The second-order valence-corrected chi connectivity index (χ2v) is 5.91. The Hall–Kier alpha value is -2.01. The number of likely N-dealkylation sites (tertiary alicyclic amines) is 1. The summed E-state index contributed by atoms with van der Waals surface area (Å²) in [6.45, 7) is 2.29. The van der Waals surface area contributed by atoms with Gasteiger partial charge in [0.05, 0.1) is 12.7 Å². The number of para-hydroxylation sites is 1. The molecule has 2 heterocycles. The van der Waals surface area contributed by atoms with Crippen LogP contribution in [0.4, 0.5) is 0 Å². The molecule has 5 heteroatoms. The molecule has 2 aliphatic heterocycles. The Morgan fingerprint density at radius 2 is 2.32 bits per heavy atom. The third-order valence-corrected chi connectivity index (χ3v) is 4.18. The van der Waals surface area contributed by atoms with Crippen LogP contribution >= 0.6 is 0 Å². The molecule has 0 aromatic heterocycles. The summed E-state index contributed by atoms with van der Waals surface area (Å²) in [5, 5.41) is 3.12. The number of nitrogens with one attached hydrogen (secondary N) is 1. The van der Waals surface area contributed by atoms with Gasteiger partial charge in [-0.1, -0.05) is 12.1 Å². The lowest BCUT2D eigenvalue weighted by Gasteiger charge is -2.30. The number of rotatable bonds is 3. The number of hydrogen-bond donors (Lipinski definition) is 1. The smallest absolute Gasteiger partial charge is 0.250 e. The van der Waals surface area contributed by atoms with Gasteiger partial charge in [0.2, 0.25) is 0 Å². The number of benzene rings is 1. The zero-order valence-corrected chi connectivity index (χ0v) is 13.1. The van der Waals surface area contributed by atoms with Crippen molar-refractivity contribution in [3.63, 3.8) is 0 Å². The quantitative estimate of drug-likeness (QED) is 0.923. The number of piperidine rings is 1. The first-order valence-electron chi connectivity index (χ1n) is 7.67. The molecular weight excluding hydrogens is 280 g/mol. The number of carbonyl (C=O) groups is 1. The molecule has 1 saturated heterocycles. The Kier molecular flexibility index (Phi) is 4.34. The number of carbonyl (C=O) groups excluding carboxylic acids is 1. The van der Waals surface area contributed by atoms with Crippen molar-refractivity contribution in [2.24, 2.45) is 0 Å². The fourth-order valence-corrected chi connectivity index (χ4v) is 3.03. The van der Waals surface area contributed by atoms with Crippen molar-refractivity contribution in [2.75, 3.05) is 33.9 Å². The van der Waals surface area contributed by atoms with E-state index in [-0.39, 0.29) is 18.6 Å². The maximum Gasteiger partial charge on any atom is 0.250 e. The first kappa shape index (κ1) is 14.9. The molecule has 0 spiro atoms. The van der Waals surface area contributed by atoms with Gasteiger partial charge in [-0.25, -0.2) is 0 Å². The minimum atomic E-state index is -0.0335. The highest BCUT2D eigenvalue weighted by molar-refractivity contribution is 5.99. The summed E-state index contributed by atoms with van der Waals surface area (Å²) in [5.41, 5.74) is 1.55. The molecule has 3 rings (SSSR count). The lowest BCUT2D eigenvalue weighted by atomic mass is 10.0. The van der Waals surface area contributed by atoms with Crippen molar-refractivity contribution >= 4 is 12.0 Å². The van der Waals surface area contributed by atoms with E-state index >= 15 is 0 Å². The van der Waals surface area contributed by atoms with Gasteiger partial charge in [-0.05, 0) is 38.6 Å². The van der Waals surface area contributed by atoms with E-state index in [0.717, 1.165) is 31.5 Å². The van der Waals surface area contributed by atoms with Gasteiger partial charge in [-0.2, -0.15) is 0 Å². The van der Waals surface area contributed by atoms with Crippen molar-refractivity contribution in [3.8, 4) is 11.5 Å². The lowest BCUT2D eigenvalue weighted by Crippen LogP contribution is -2.47. The predicted molar refractivity (Wildman–Crippen MR) is 85.1 cm³/mol. The van der Waals surface area contributed by atoms with E-state index in [0.29, 0.717) is 17.1 Å². The lowest BCUT2D eigenvalue weighted by molar-refractivity contribution is -0.118. The minimum Gasteiger partial charge on any atom is -0.493 e. The van der Waals surface area contributed by atoms with Crippen LogP contribution in [-0.2, 0) is 4.79 Å². The number of nitrogens with zero attached hydrogens (tertiary/aromatic N) is 1. The van der Waals surface area contributed by atoms with Gasteiger partial charge in [-0.15, -0.1) is 0 Å². The average molecular weight is 302 g/mol. The Morgan fingerprint density at radius 1 is 1.45 bits per heavy atom. The van der Waals surface area contributed by atoms with Gasteiger partial charge in [-0.3, -0.25) is 4.79 Å². The number of ether oxygens (including phenoxy) is 2. The fraction of sp³-hybridized carbons (Fsp3) is 0.471. The Bertz CT molecular complexity index is 598. The molecule has 0 aliphatic carbocycles. The molecule has 1 amide bonds. The Morgan fingerprint density at radius 3 is 3.09 bits per heavy atom. The van der Waals surface area contributed by atoms with Crippen LogP contribution in [0.2, 0.25) is 0 Å². The van der Waals surface area contributed by atoms with Crippen molar-refractivity contribution < 1.29 is 14.3 Å². The third kappa shape index (κ3) is 3.09. The fourth-order valence-electron chi connectivity index (χ4n) is 3.03. The number of amides is 1. The maximum atomic E-state index is 12.4. The Balaban J connectivity index is 1.72. The summed E-state index contributed by atoms with van der Waals surface area (Å²) in [6.07, 6.45) is 4.05. The molecule has 5 nitrogen and oxygen atoms in total. The monoisotopic (exact) mass is 302 g/mol. The number of hydrogen-bond acceptors (Lipinski definition) is 4. The van der Waals surface area contributed by atoms with E-state index in [1.807, 2.05) is 24.3 Å². The summed E-state index contributed by atoms with van der Waals surface area (Å²) in [6, 6.07) is 5.90. The third-order valence-electron chi connectivity index (χ3n) is 4.18. The topological polar surface area (TPSA) is 50.8 Å². The zero-order valence-electron chi connectivity index (χ0n) is 13.1. The van der Waals surface area contributed by atoms with Crippen LogP contribution in [0.25, 0.3) is 6.08 Å². The molecule has 118 valence electrons. The summed E-state index contributed by atoms with van der Waals surface area (Å²) in [7, 11) is 3.70. The highest BCUT2D eigenvalue weighted by Crippen LogP contribution is 2.35. The van der Waals surface area contributed by atoms with E-state index in [9.17, 15) is 4.79 Å². The summed E-state index contributed by atoms with van der Waals surface area (Å²) in [4.78, 5) is 14.7. The normalized spacial score (nSPS) is 21.4. The molecule has 0 bridgehead atoms. The molecule has 1 atom stereocenters. The molecule has 1 aromatic rings. The molecule has 0 saturated carbocycles. The molecule has 1 N–H and O–H groups in total. The first-order chi connectivity index (χ1) is 10.7. The number of methoxy groups -OCH3 is 1. The van der Waals surface area contributed by atoms with Crippen LogP contribution in [0.3, 0.4) is 0 Å². The largest absolute Gasteiger partial charge is 0.493 e. The van der Waals surface area contributed by atoms with Crippen molar-refractivity contribution in [2.45, 2.75) is 18.9 Å². The second-order valence-electron chi connectivity index (χ2n) is 5.91. The van der Waals surface area contributed by atoms with Crippen LogP contribution in [0.1, 0.15) is 18.4 Å². The van der Waals surface area contributed by atoms with Crippen LogP contribution in [0, 0.1) is 0 Å². The average Bonchev–Trinajstić information content (AvgIpc) is 2.53. The SMILES string of the molecule is COc1cccc2c1OCC(C(=O)N[C@@H]1CCCN(C)C1)=C2. The molecule has 1 aromatic carbocycles. The first-order valence-corrected chi connectivity index (χ1v) is 7.67. The standard InChI is InChI=1S/C17H22N2O3/c1-19-8-4-6-14(10-19)18-17(20)13-9-12-5-3-7-15(21-2)16(12)22-11-13/h3,5,7,9,14H,4,6,8,10-11H2,1-2H3,(H,18,20)/t14-/m1/s1.